The Morgan fingerprint density at radius 2 is 1.77 bits per heavy atom. The highest BCUT2D eigenvalue weighted by Gasteiger charge is 2.11. The fourth-order valence-corrected chi connectivity index (χ4v) is 2.32. The number of ether oxygens (including phenoxy) is 2. The Hall–Kier alpha value is -2.52. The monoisotopic (exact) mass is 314 g/mol. The number of pyridine rings is 1. The molecule has 3 aromatic rings. The predicted molar refractivity (Wildman–Crippen MR) is 89.6 cm³/mol. The highest BCUT2D eigenvalue weighted by atomic mass is 31.0. The van der Waals surface area contributed by atoms with Crippen LogP contribution in [-0.4, -0.2) is 12.1 Å². The van der Waals surface area contributed by atoms with E-state index in [0.29, 0.717) is 28.7 Å². The van der Waals surface area contributed by atoms with Crippen molar-refractivity contribution in [3.05, 3.63) is 48.7 Å². The number of methoxy groups -OCH3 is 1. The number of fused-ring (bicyclic) bond motifs is 1. The second-order valence-corrected chi connectivity index (χ2v) is 4.85. The maximum atomic E-state index is 5.92. The predicted octanol–water partition coefficient (Wildman–Crippen LogP) is 3.79. The molecule has 0 bridgehead atoms. The summed E-state index contributed by atoms with van der Waals surface area (Å²) in [6.45, 7) is 0. The lowest BCUT2D eigenvalue weighted by atomic mass is 10.2. The third-order valence-corrected chi connectivity index (χ3v) is 3.48. The van der Waals surface area contributed by atoms with Gasteiger partial charge in [0.1, 0.15) is 11.5 Å². The Morgan fingerprint density at radius 3 is 2.45 bits per heavy atom. The summed E-state index contributed by atoms with van der Waals surface area (Å²) < 4.78 is 16.5. The summed E-state index contributed by atoms with van der Waals surface area (Å²) in [7, 11) is 3.79. The molecule has 0 radical (unpaired) electrons. The van der Waals surface area contributed by atoms with Crippen molar-refractivity contribution in [2.45, 2.75) is 0 Å². The van der Waals surface area contributed by atoms with Crippen LogP contribution in [0.15, 0.2) is 48.7 Å². The molecule has 5 nitrogen and oxygen atoms in total. The SMILES string of the molecule is COc1cc2c(Oc3ccc(N)cc3)ccnc2cc1OP. The Balaban J connectivity index is 2.07. The molecule has 1 unspecified atom stereocenters. The molecule has 6 heteroatoms. The molecular weight excluding hydrogens is 299 g/mol. The van der Waals surface area contributed by atoms with Gasteiger partial charge in [-0.1, -0.05) is 0 Å². The van der Waals surface area contributed by atoms with Gasteiger partial charge in [0.2, 0.25) is 0 Å². The van der Waals surface area contributed by atoms with Crippen molar-refractivity contribution in [2.24, 2.45) is 0 Å². The van der Waals surface area contributed by atoms with E-state index in [1.807, 2.05) is 18.2 Å². The van der Waals surface area contributed by atoms with E-state index in [4.69, 9.17) is 19.7 Å². The van der Waals surface area contributed by atoms with E-state index in [2.05, 4.69) is 14.5 Å². The third kappa shape index (κ3) is 2.76. The van der Waals surface area contributed by atoms with Crippen LogP contribution in [0.3, 0.4) is 0 Å². The summed E-state index contributed by atoms with van der Waals surface area (Å²) in [6, 6.07) is 12.7. The van der Waals surface area contributed by atoms with E-state index in [-0.39, 0.29) is 0 Å². The molecule has 0 aliphatic heterocycles. The summed E-state index contributed by atoms with van der Waals surface area (Å²) in [5.41, 5.74) is 7.13. The lowest BCUT2D eigenvalue weighted by molar-refractivity contribution is 0.400. The minimum Gasteiger partial charge on any atom is -0.493 e. The summed E-state index contributed by atoms with van der Waals surface area (Å²) in [5.74, 6) is 2.59. The number of rotatable bonds is 4. The second kappa shape index (κ2) is 6.08. The lowest BCUT2D eigenvalue weighted by Gasteiger charge is -2.12. The molecule has 0 fully saturated rings. The summed E-state index contributed by atoms with van der Waals surface area (Å²) >= 11 is 0. The number of anilines is 1. The zero-order chi connectivity index (χ0) is 15.5. The average Bonchev–Trinajstić information content (AvgIpc) is 2.56. The van der Waals surface area contributed by atoms with Crippen molar-refractivity contribution in [3.63, 3.8) is 0 Å². The quantitative estimate of drug-likeness (QED) is 0.586. The van der Waals surface area contributed by atoms with Crippen molar-refractivity contribution >= 4 is 26.1 Å². The number of nitrogens with two attached hydrogens (primary N) is 1. The Labute approximate surface area is 130 Å². The molecule has 1 heterocycles. The summed E-state index contributed by atoms with van der Waals surface area (Å²) in [4.78, 5) is 4.34. The summed E-state index contributed by atoms with van der Waals surface area (Å²) in [5, 5.41) is 0.835. The van der Waals surface area contributed by atoms with Gasteiger partial charge in [0, 0.05) is 23.3 Å². The van der Waals surface area contributed by atoms with Crippen LogP contribution in [0.5, 0.6) is 23.0 Å². The van der Waals surface area contributed by atoms with Gasteiger partial charge in [0.15, 0.2) is 11.5 Å². The van der Waals surface area contributed by atoms with Gasteiger partial charge in [0.25, 0.3) is 0 Å². The second-order valence-electron chi connectivity index (χ2n) is 4.62. The number of nitrogens with zero attached hydrogens (tertiary/aromatic N) is 1. The molecule has 0 aliphatic carbocycles. The molecule has 0 amide bonds. The van der Waals surface area contributed by atoms with Crippen LogP contribution in [0.4, 0.5) is 5.69 Å². The molecule has 1 aromatic heterocycles. The first-order valence-electron chi connectivity index (χ1n) is 6.58. The molecule has 0 aliphatic rings. The van der Waals surface area contributed by atoms with Gasteiger partial charge < -0.3 is 19.7 Å². The summed E-state index contributed by atoms with van der Waals surface area (Å²) in [6.07, 6.45) is 1.69. The van der Waals surface area contributed by atoms with Crippen molar-refractivity contribution in [1.82, 2.24) is 4.98 Å². The first-order valence-corrected chi connectivity index (χ1v) is 7.05. The van der Waals surface area contributed by atoms with Crippen molar-refractivity contribution in [1.29, 1.82) is 0 Å². The van der Waals surface area contributed by atoms with Crippen molar-refractivity contribution < 1.29 is 14.0 Å². The molecule has 0 spiro atoms. The van der Waals surface area contributed by atoms with Crippen molar-refractivity contribution in [2.75, 3.05) is 12.8 Å². The van der Waals surface area contributed by atoms with Crippen LogP contribution in [0, 0.1) is 0 Å². The van der Waals surface area contributed by atoms with E-state index < -0.39 is 0 Å². The molecule has 0 saturated heterocycles. The highest BCUT2D eigenvalue weighted by molar-refractivity contribution is 7.10. The van der Waals surface area contributed by atoms with Crippen LogP contribution < -0.4 is 19.7 Å². The van der Waals surface area contributed by atoms with Crippen molar-refractivity contribution in [3.8, 4) is 23.0 Å². The fraction of sp³-hybridized carbons (Fsp3) is 0.0625. The number of hydrogen-bond donors (Lipinski definition) is 1. The number of benzene rings is 2. The molecule has 3 rings (SSSR count). The van der Waals surface area contributed by atoms with E-state index in [0.717, 1.165) is 10.9 Å². The molecule has 2 N–H and O–H groups in total. The Bertz CT molecular complexity index is 806. The van der Waals surface area contributed by atoms with Gasteiger partial charge in [0.05, 0.1) is 22.1 Å². The van der Waals surface area contributed by atoms with Gasteiger partial charge in [-0.3, -0.25) is 4.98 Å². The first-order chi connectivity index (χ1) is 10.7. The third-order valence-electron chi connectivity index (χ3n) is 3.22. The van der Waals surface area contributed by atoms with E-state index in [1.54, 1.807) is 37.6 Å². The largest absolute Gasteiger partial charge is 0.493 e. The van der Waals surface area contributed by atoms with Gasteiger partial charge in [-0.05, 0) is 36.4 Å². The normalized spacial score (nSPS) is 10.5. The maximum absolute atomic E-state index is 5.92. The van der Waals surface area contributed by atoms with Crippen LogP contribution in [0.1, 0.15) is 0 Å². The first kappa shape index (κ1) is 14.4. The lowest BCUT2D eigenvalue weighted by Crippen LogP contribution is -1.92. The fourth-order valence-electron chi connectivity index (χ4n) is 2.13. The van der Waals surface area contributed by atoms with Gasteiger partial charge in [-0.15, -0.1) is 0 Å². The highest BCUT2D eigenvalue weighted by Crippen LogP contribution is 2.37. The molecule has 0 saturated carbocycles. The van der Waals surface area contributed by atoms with Crippen LogP contribution >= 0.6 is 9.47 Å². The topological polar surface area (TPSA) is 66.6 Å². The molecule has 2 aromatic carbocycles. The Kier molecular flexibility index (Phi) is 3.98. The minimum absolute atomic E-state index is 0.595. The molecule has 1 atom stereocenters. The zero-order valence-corrected chi connectivity index (χ0v) is 13.1. The Morgan fingerprint density at radius 1 is 1.00 bits per heavy atom. The standard InChI is InChI=1S/C16H15N2O3P/c1-19-15-8-12-13(9-16(15)21-22)18-7-6-14(12)20-11-4-2-10(17)3-5-11/h2-9H,17,22H2,1H3. The zero-order valence-electron chi connectivity index (χ0n) is 11.9. The van der Waals surface area contributed by atoms with Gasteiger partial charge in [-0.25, -0.2) is 0 Å². The number of aromatic nitrogens is 1. The van der Waals surface area contributed by atoms with E-state index in [9.17, 15) is 0 Å². The van der Waals surface area contributed by atoms with Crippen LogP contribution in [-0.2, 0) is 0 Å². The maximum Gasteiger partial charge on any atom is 0.166 e. The number of hydrogen-bond acceptors (Lipinski definition) is 5. The minimum atomic E-state index is 0.595. The average molecular weight is 314 g/mol. The van der Waals surface area contributed by atoms with Gasteiger partial charge >= 0.3 is 0 Å². The van der Waals surface area contributed by atoms with E-state index >= 15 is 0 Å². The number of nitrogen functional groups attached to an aromatic ring is 1. The molecular formula is C16H15N2O3P. The molecule has 112 valence electrons. The smallest absolute Gasteiger partial charge is 0.166 e. The molecule has 22 heavy (non-hydrogen) atoms. The van der Waals surface area contributed by atoms with E-state index in [1.165, 1.54) is 0 Å². The van der Waals surface area contributed by atoms with Gasteiger partial charge in [-0.2, -0.15) is 0 Å². The van der Waals surface area contributed by atoms with Crippen LogP contribution in [0.25, 0.3) is 10.9 Å². The van der Waals surface area contributed by atoms with Crippen LogP contribution in [0.2, 0.25) is 0 Å².